The predicted octanol–water partition coefficient (Wildman–Crippen LogP) is 5.44. The fourth-order valence-corrected chi connectivity index (χ4v) is 2.70. The smallest absolute Gasteiger partial charge is 0.246 e. The summed E-state index contributed by atoms with van der Waals surface area (Å²) in [5, 5.41) is 2.76. The van der Waals surface area contributed by atoms with E-state index in [1.54, 1.807) is 6.92 Å². The first-order valence-electron chi connectivity index (χ1n) is 9.79. The number of aryl methyl sites for hydroxylation is 1. The average molecular weight is 346 g/mol. The summed E-state index contributed by atoms with van der Waals surface area (Å²) < 4.78 is 5.64. The van der Waals surface area contributed by atoms with Crippen LogP contribution in [0.5, 0.6) is 5.75 Å². The van der Waals surface area contributed by atoms with Gasteiger partial charge in [-0.25, -0.2) is 0 Å². The van der Waals surface area contributed by atoms with Crippen molar-refractivity contribution in [3.63, 3.8) is 0 Å². The standard InChI is InChI=1S/C22H35NO2/c1-4-5-6-7-8-9-10-11-12-20-13-15-21(16-14-20)25-18-17-23-22(24)19(2)3/h13-16H,2,4-12,17-18H2,1,3H3,(H,23,24). The Morgan fingerprint density at radius 1 is 1.00 bits per heavy atom. The molecule has 25 heavy (non-hydrogen) atoms. The number of unbranched alkanes of at least 4 members (excludes halogenated alkanes) is 7. The molecular weight excluding hydrogens is 310 g/mol. The molecule has 3 nitrogen and oxygen atoms in total. The van der Waals surface area contributed by atoms with E-state index in [-0.39, 0.29) is 5.91 Å². The number of benzene rings is 1. The molecule has 1 aromatic carbocycles. The van der Waals surface area contributed by atoms with E-state index in [1.165, 1.54) is 56.9 Å². The molecule has 0 fully saturated rings. The van der Waals surface area contributed by atoms with Gasteiger partial charge in [0.1, 0.15) is 12.4 Å². The third kappa shape index (κ3) is 10.6. The lowest BCUT2D eigenvalue weighted by Crippen LogP contribution is -2.28. The van der Waals surface area contributed by atoms with E-state index >= 15 is 0 Å². The van der Waals surface area contributed by atoms with Gasteiger partial charge in [0.2, 0.25) is 5.91 Å². The number of amides is 1. The van der Waals surface area contributed by atoms with Gasteiger partial charge in [0, 0.05) is 5.57 Å². The Labute approximate surface area is 153 Å². The van der Waals surface area contributed by atoms with E-state index in [2.05, 4.69) is 31.0 Å². The van der Waals surface area contributed by atoms with E-state index < -0.39 is 0 Å². The van der Waals surface area contributed by atoms with Gasteiger partial charge in [0.25, 0.3) is 0 Å². The maximum atomic E-state index is 11.3. The SMILES string of the molecule is C=C(C)C(=O)NCCOc1ccc(CCCCCCCCCC)cc1. The molecule has 0 aliphatic carbocycles. The Bertz CT molecular complexity index is 493. The van der Waals surface area contributed by atoms with Crippen molar-refractivity contribution in [3.8, 4) is 5.75 Å². The molecule has 0 heterocycles. The van der Waals surface area contributed by atoms with Crippen LogP contribution in [0.4, 0.5) is 0 Å². The van der Waals surface area contributed by atoms with Crippen LogP contribution in [0.15, 0.2) is 36.4 Å². The minimum atomic E-state index is -0.121. The molecule has 0 aliphatic rings. The maximum absolute atomic E-state index is 11.3. The third-order valence-electron chi connectivity index (χ3n) is 4.29. The van der Waals surface area contributed by atoms with Crippen molar-refractivity contribution in [3.05, 3.63) is 42.0 Å². The summed E-state index contributed by atoms with van der Waals surface area (Å²) in [6.07, 6.45) is 12.0. The Kier molecular flexibility index (Phi) is 11.5. The van der Waals surface area contributed by atoms with Crippen LogP contribution in [0.25, 0.3) is 0 Å². The summed E-state index contributed by atoms with van der Waals surface area (Å²) in [4.78, 5) is 11.3. The highest BCUT2D eigenvalue weighted by Crippen LogP contribution is 2.15. The number of hydrogen-bond acceptors (Lipinski definition) is 2. The van der Waals surface area contributed by atoms with E-state index in [0.717, 1.165) is 12.2 Å². The van der Waals surface area contributed by atoms with Crippen LogP contribution in [0.2, 0.25) is 0 Å². The van der Waals surface area contributed by atoms with Crippen LogP contribution in [0.3, 0.4) is 0 Å². The van der Waals surface area contributed by atoms with Gasteiger partial charge in [-0.3, -0.25) is 4.79 Å². The first kappa shape index (κ1) is 21.3. The molecule has 0 spiro atoms. The first-order valence-corrected chi connectivity index (χ1v) is 9.79. The normalized spacial score (nSPS) is 10.5. The molecule has 1 aromatic rings. The van der Waals surface area contributed by atoms with Crippen LogP contribution >= 0.6 is 0 Å². The Morgan fingerprint density at radius 2 is 1.60 bits per heavy atom. The molecular formula is C22H35NO2. The molecule has 0 atom stereocenters. The van der Waals surface area contributed by atoms with Crippen LogP contribution in [-0.4, -0.2) is 19.1 Å². The summed E-state index contributed by atoms with van der Waals surface area (Å²) in [5.74, 6) is 0.730. The largest absolute Gasteiger partial charge is 0.492 e. The molecule has 0 saturated heterocycles. The van der Waals surface area contributed by atoms with Crippen molar-refractivity contribution in [1.82, 2.24) is 5.32 Å². The number of ether oxygens (including phenoxy) is 1. The van der Waals surface area contributed by atoms with Gasteiger partial charge in [-0.1, -0.05) is 70.6 Å². The highest BCUT2D eigenvalue weighted by Gasteiger charge is 2.01. The van der Waals surface area contributed by atoms with E-state index in [1.807, 2.05) is 12.1 Å². The van der Waals surface area contributed by atoms with Crippen LogP contribution in [0.1, 0.15) is 70.8 Å². The second-order valence-electron chi connectivity index (χ2n) is 6.75. The fourth-order valence-electron chi connectivity index (χ4n) is 2.70. The van der Waals surface area contributed by atoms with Gasteiger partial charge < -0.3 is 10.1 Å². The average Bonchev–Trinajstić information content (AvgIpc) is 2.61. The zero-order valence-corrected chi connectivity index (χ0v) is 16.1. The molecule has 0 unspecified atom stereocenters. The Hall–Kier alpha value is -1.77. The van der Waals surface area contributed by atoms with Crippen molar-refractivity contribution >= 4 is 5.91 Å². The lowest BCUT2D eigenvalue weighted by Gasteiger charge is -2.08. The number of nitrogens with one attached hydrogen (secondary N) is 1. The highest BCUT2D eigenvalue weighted by atomic mass is 16.5. The zero-order chi connectivity index (χ0) is 18.3. The van der Waals surface area contributed by atoms with Crippen molar-refractivity contribution < 1.29 is 9.53 Å². The lowest BCUT2D eigenvalue weighted by molar-refractivity contribution is -0.117. The van der Waals surface area contributed by atoms with E-state index in [4.69, 9.17) is 4.74 Å². The van der Waals surface area contributed by atoms with Gasteiger partial charge in [-0.15, -0.1) is 0 Å². The van der Waals surface area contributed by atoms with E-state index in [0.29, 0.717) is 18.7 Å². The lowest BCUT2D eigenvalue weighted by atomic mass is 10.0. The molecule has 0 bridgehead atoms. The van der Waals surface area contributed by atoms with Crippen molar-refractivity contribution in [2.75, 3.05) is 13.2 Å². The number of hydrogen-bond donors (Lipinski definition) is 1. The van der Waals surface area contributed by atoms with Gasteiger partial charge in [-0.2, -0.15) is 0 Å². The molecule has 0 saturated carbocycles. The summed E-state index contributed by atoms with van der Waals surface area (Å²) in [5.41, 5.74) is 1.89. The maximum Gasteiger partial charge on any atom is 0.246 e. The molecule has 0 aromatic heterocycles. The monoisotopic (exact) mass is 345 g/mol. The molecule has 0 aliphatic heterocycles. The fraction of sp³-hybridized carbons (Fsp3) is 0.591. The van der Waals surface area contributed by atoms with Crippen molar-refractivity contribution in [2.24, 2.45) is 0 Å². The van der Waals surface area contributed by atoms with Crippen LogP contribution in [0, 0.1) is 0 Å². The number of carbonyl (C=O) groups is 1. The van der Waals surface area contributed by atoms with Gasteiger partial charge in [0.15, 0.2) is 0 Å². The quantitative estimate of drug-likeness (QED) is 0.360. The molecule has 1 N–H and O–H groups in total. The van der Waals surface area contributed by atoms with Crippen LogP contribution in [-0.2, 0) is 11.2 Å². The molecule has 140 valence electrons. The second kappa shape index (κ2) is 13.5. The van der Waals surface area contributed by atoms with Crippen LogP contribution < -0.4 is 10.1 Å². The minimum Gasteiger partial charge on any atom is -0.492 e. The summed E-state index contributed by atoms with van der Waals surface area (Å²) in [7, 11) is 0. The van der Waals surface area contributed by atoms with Crippen molar-refractivity contribution in [1.29, 1.82) is 0 Å². The molecule has 0 radical (unpaired) electrons. The predicted molar refractivity (Wildman–Crippen MR) is 106 cm³/mol. The molecule has 1 amide bonds. The highest BCUT2D eigenvalue weighted by molar-refractivity contribution is 5.92. The summed E-state index contributed by atoms with van der Waals surface area (Å²) >= 11 is 0. The summed E-state index contributed by atoms with van der Waals surface area (Å²) in [6.45, 7) is 8.52. The topological polar surface area (TPSA) is 38.3 Å². The molecule has 1 rings (SSSR count). The Balaban J connectivity index is 2.09. The minimum absolute atomic E-state index is 0.121. The van der Waals surface area contributed by atoms with Gasteiger partial charge in [0.05, 0.1) is 6.54 Å². The Morgan fingerprint density at radius 3 is 2.20 bits per heavy atom. The molecule has 3 heteroatoms. The second-order valence-corrected chi connectivity index (χ2v) is 6.75. The van der Waals surface area contributed by atoms with E-state index in [9.17, 15) is 4.79 Å². The summed E-state index contributed by atoms with van der Waals surface area (Å²) in [6, 6.07) is 8.31. The number of carbonyl (C=O) groups excluding carboxylic acids is 1. The van der Waals surface area contributed by atoms with Gasteiger partial charge in [-0.05, 0) is 37.5 Å². The zero-order valence-electron chi connectivity index (χ0n) is 16.1. The van der Waals surface area contributed by atoms with Gasteiger partial charge >= 0.3 is 0 Å². The first-order chi connectivity index (χ1) is 12.1. The number of rotatable bonds is 14. The van der Waals surface area contributed by atoms with Crippen molar-refractivity contribution in [2.45, 2.75) is 71.6 Å². The third-order valence-corrected chi connectivity index (χ3v) is 4.29.